The molecule has 2 N–H and O–H groups in total. The van der Waals surface area contributed by atoms with Crippen LogP contribution in [0, 0.1) is 0 Å². The molecular weight excluding hydrogens is 321 g/mol. The lowest BCUT2D eigenvalue weighted by molar-refractivity contribution is -0.138. The minimum Gasteiger partial charge on any atom is -0.326 e. The van der Waals surface area contributed by atoms with E-state index in [0.29, 0.717) is 17.6 Å². The molecule has 1 aliphatic rings. The Balaban J connectivity index is 1.84. The first-order valence-electron chi connectivity index (χ1n) is 6.12. The number of anilines is 3. The van der Waals surface area contributed by atoms with E-state index in [0.717, 1.165) is 5.56 Å². The first kappa shape index (κ1) is 14.6. The maximum absolute atomic E-state index is 12.6. The fraction of sp³-hybridized carbons (Fsp3) is 0.154. The van der Waals surface area contributed by atoms with E-state index in [1.165, 1.54) is 0 Å². The molecule has 1 aromatic carbocycles. The van der Waals surface area contributed by atoms with Crippen molar-refractivity contribution in [3.8, 4) is 0 Å². The van der Waals surface area contributed by atoms with E-state index in [1.54, 1.807) is 18.2 Å². The number of carbonyl (C=O) groups excluding carboxylic acids is 1. The Morgan fingerprint density at radius 2 is 2.09 bits per heavy atom. The zero-order valence-electron chi connectivity index (χ0n) is 10.8. The third-order valence-electron chi connectivity index (χ3n) is 3.03. The Morgan fingerprint density at radius 3 is 2.77 bits per heavy atom. The molecule has 0 aliphatic carbocycles. The summed E-state index contributed by atoms with van der Waals surface area (Å²) < 4.78 is 37.7. The van der Waals surface area contributed by atoms with Gasteiger partial charge in [0.15, 0.2) is 0 Å². The van der Waals surface area contributed by atoms with Gasteiger partial charge in [-0.05, 0) is 23.8 Å². The van der Waals surface area contributed by atoms with E-state index in [4.69, 9.17) is 11.6 Å². The van der Waals surface area contributed by atoms with Crippen molar-refractivity contribution in [1.29, 1.82) is 0 Å². The van der Waals surface area contributed by atoms with Crippen LogP contribution in [0.3, 0.4) is 0 Å². The summed E-state index contributed by atoms with van der Waals surface area (Å²) in [4.78, 5) is 18.5. The average molecular weight is 329 g/mol. The average Bonchev–Trinajstić information content (AvgIpc) is 2.76. The number of benzene rings is 1. The topological polar surface area (TPSA) is 66.9 Å². The molecule has 0 fully saturated rings. The molecule has 2 aromatic rings. The van der Waals surface area contributed by atoms with Crippen molar-refractivity contribution >= 4 is 34.8 Å². The quantitative estimate of drug-likeness (QED) is 0.829. The van der Waals surface area contributed by atoms with Crippen LogP contribution in [-0.4, -0.2) is 15.9 Å². The van der Waals surface area contributed by atoms with E-state index < -0.39 is 16.9 Å². The van der Waals surface area contributed by atoms with Crippen LogP contribution in [0.15, 0.2) is 24.4 Å². The Labute approximate surface area is 127 Å². The number of fused-ring (bicyclic) bond motifs is 1. The molecule has 22 heavy (non-hydrogen) atoms. The molecule has 0 unspecified atom stereocenters. The second-order valence-corrected chi connectivity index (χ2v) is 4.98. The van der Waals surface area contributed by atoms with Crippen molar-refractivity contribution in [3.63, 3.8) is 0 Å². The van der Waals surface area contributed by atoms with Crippen LogP contribution in [0.5, 0.6) is 0 Å². The molecule has 114 valence electrons. The van der Waals surface area contributed by atoms with Crippen molar-refractivity contribution in [3.05, 3.63) is 40.7 Å². The zero-order chi connectivity index (χ0) is 15.9. The smallest absolute Gasteiger partial charge is 0.326 e. The van der Waals surface area contributed by atoms with Crippen molar-refractivity contribution < 1.29 is 18.0 Å². The number of rotatable bonds is 2. The monoisotopic (exact) mass is 328 g/mol. The second kappa shape index (κ2) is 5.13. The number of aromatic nitrogens is 2. The molecule has 0 spiro atoms. The van der Waals surface area contributed by atoms with Gasteiger partial charge >= 0.3 is 6.18 Å². The molecule has 9 heteroatoms. The minimum absolute atomic E-state index is 0.0600. The van der Waals surface area contributed by atoms with Crippen LogP contribution in [0.25, 0.3) is 0 Å². The number of carbonyl (C=O) groups is 1. The molecule has 1 aromatic heterocycles. The van der Waals surface area contributed by atoms with Crippen LogP contribution in [0.4, 0.5) is 30.5 Å². The third-order valence-corrected chi connectivity index (χ3v) is 3.32. The maximum atomic E-state index is 12.6. The third kappa shape index (κ3) is 2.82. The van der Waals surface area contributed by atoms with Crippen molar-refractivity contribution in [2.24, 2.45) is 0 Å². The van der Waals surface area contributed by atoms with Crippen LogP contribution in [-0.2, 0) is 17.4 Å². The summed E-state index contributed by atoms with van der Waals surface area (Å²) in [5.74, 6) is -0.170. The van der Waals surface area contributed by atoms with E-state index in [9.17, 15) is 18.0 Å². The highest BCUT2D eigenvalue weighted by Gasteiger charge is 2.34. The van der Waals surface area contributed by atoms with Gasteiger partial charge in [0.1, 0.15) is 10.7 Å². The summed E-state index contributed by atoms with van der Waals surface area (Å²) >= 11 is 5.53. The maximum Gasteiger partial charge on any atom is 0.420 e. The number of amides is 1. The molecule has 1 aliphatic heterocycles. The van der Waals surface area contributed by atoms with Gasteiger partial charge in [0.2, 0.25) is 11.9 Å². The number of halogens is 4. The predicted octanol–water partition coefficient (Wildman–Crippen LogP) is 3.39. The van der Waals surface area contributed by atoms with Crippen LogP contribution < -0.4 is 10.6 Å². The molecule has 0 atom stereocenters. The van der Waals surface area contributed by atoms with Gasteiger partial charge in [-0.25, -0.2) is 9.97 Å². The second-order valence-electron chi connectivity index (χ2n) is 4.62. The van der Waals surface area contributed by atoms with Gasteiger partial charge in [-0.1, -0.05) is 11.6 Å². The number of hydrogen-bond acceptors (Lipinski definition) is 4. The Morgan fingerprint density at radius 1 is 1.32 bits per heavy atom. The number of alkyl halides is 3. The molecule has 1 amide bonds. The first-order chi connectivity index (χ1) is 10.3. The number of nitrogens with zero attached hydrogens (tertiary/aromatic N) is 2. The van der Waals surface area contributed by atoms with Gasteiger partial charge in [0.05, 0.1) is 6.42 Å². The lowest BCUT2D eigenvalue weighted by Gasteiger charge is -2.10. The van der Waals surface area contributed by atoms with Crippen molar-refractivity contribution in [2.75, 3.05) is 10.6 Å². The Hall–Kier alpha value is -2.35. The normalized spacial score (nSPS) is 13.7. The standard InChI is InChI=1S/C13H8ClF3N4O/c14-11-8(13(15,16)17)5-18-12(21-11)19-7-1-2-9-6(3-7)4-10(22)20-9/h1-3,5H,4H2,(H,20,22)(H,18,19,21). The van der Waals surface area contributed by atoms with Gasteiger partial charge in [-0.15, -0.1) is 0 Å². The van der Waals surface area contributed by atoms with Gasteiger partial charge in [0.25, 0.3) is 0 Å². The molecular formula is C13H8ClF3N4O. The SMILES string of the molecule is O=C1Cc2cc(Nc3ncc(C(F)(F)F)c(Cl)n3)ccc2N1. The fourth-order valence-corrected chi connectivity index (χ4v) is 2.28. The van der Waals surface area contributed by atoms with Gasteiger partial charge in [0, 0.05) is 17.6 Å². The van der Waals surface area contributed by atoms with Crippen LogP contribution in [0.1, 0.15) is 11.1 Å². The fourth-order valence-electron chi connectivity index (χ4n) is 2.05. The van der Waals surface area contributed by atoms with E-state index in [1.807, 2.05) is 0 Å². The van der Waals surface area contributed by atoms with Gasteiger partial charge in [-0.2, -0.15) is 13.2 Å². The minimum atomic E-state index is -4.60. The van der Waals surface area contributed by atoms with E-state index in [-0.39, 0.29) is 18.3 Å². The lowest BCUT2D eigenvalue weighted by atomic mass is 10.1. The molecule has 0 saturated carbocycles. The predicted molar refractivity (Wildman–Crippen MR) is 74.1 cm³/mol. The Bertz CT molecular complexity index is 763. The van der Waals surface area contributed by atoms with Gasteiger partial charge < -0.3 is 10.6 Å². The van der Waals surface area contributed by atoms with E-state index in [2.05, 4.69) is 20.6 Å². The molecule has 0 saturated heterocycles. The highest BCUT2D eigenvalue weighted by Crippen LogP contribution is 2.34. The summed E-state index contributed by atoms with van der Waals surface area (Å²) in [6, 6.07) is 5.04. The largest absolute Gasteiger partial charge is 0.420 e. The number of nitrogens with one attached hydrogen (secondary N) is 2. The zero-order valence-corrected chi connectivity index (χ0v) is 11.6. The summed E-state index contributed by atoms with van der Waals surface area (Å²) in [6.07, 6.45) is -3.73. The Kier molecular flexibility index (Phi) is 3.40. The van der Waals surface area contributed by atoms with Crippen molar-refractivity contribution in [2.45, 2.75) is 12.6 Å². The highest BCUT2D eigenvalue weighted by molar-refractivity contribution is 6.30. The molecule has 3 rings (SSSR count). The molecule has 0 radical (unpaired) electrons. The molecule has 5 nitrogen and oxygen atoms in total. The summed E-state index contributed by atoms with van der Waals surface area (Å²) in [6.45, 7) is 0. The van der Waals surface area contributed by atoms with E-state index >= 15 is 0 Å². The van der Waals surface area contributed by atoms with Crippen LogP contribution >= 0.6 is 11.6 Å². The molecule has 0 bridgehead atoms. The van der Waals surface area contributed by atoms with Crippen LogP contribution in [0.2, 0.25) is 5.15 Å². The summed E-state index contributed by atoms with van der Waals surface area (Å²) in [7, 11) is 0. The first-order valence-corrected chi connectivity index (χ1v) is 6.50. The summed E-state index contributed by atoms with van der Waals surface area (Å²) in [5.41, 5.74) is 0.949. The number of hydrogen-bond donors (Lipinski definition) is 2. The van der Waals surface area contributed by atoms with Gasteiger partial charge in [-0.3, -0.25) is 4.79 Å². The highest BCUT2D eigenvalue weighted by atomic mass is 35.5. The van der Waals surface area contributed by atoms with Crippen molar-refractivity contribution in [1.82, 2.24) is 9.97 Å². The lowest BCUT2D eigenvalue weighted by Crippen LogP contribution is -2.09. The summed E-state index contributed by atoms with van der Waals surface area (Å²) in [5, 5.41) is 4.75. The molecule has 2 heterocycles.